The summed E-state index contributed by atoms with van der Waals surface area (Å²) in [6.07, 6.45) is 1.89. The number of rotatable bonds is 6. The fourth-order valence-corrected chi connectivity index (χ4v) is 2.53. The van der Waals surface area contributed by atoms with Gasteiger partial charge in [0.1, 0.15) is 5.75 Å². The lowest BCUT2D eigenvalue weighted by molar-refractivity contribution is -0.119. The predicted octanol–water partition coefficient (Wildman–Crippen LogP) is 3.87. The average Bonchev–Trinajstić information content (AvgIpc) is 2.60. The first-order chi connectivity index (χ1) is 11.5. The van der Waals surface area contributed by atoms with Crippen LogP contribution >= 0.6 is 23.4 Å². The van der Waals surface area contributed by atoms with E-state index < -0.39 is 18.5 Å². The summed E-state index contributed by atoms with van der Waals surface area (Å²) in [6, 6.07) is 11.9. The Hall–Kier alpha value is -2.18. The number of carbonyl (C=O) groups is 2. The van der Waals surface area contributed by atoms with E-state index in [0.29, 0.717) is 11.4 Å². The molecule has 0 radical (unpaired) electrons. The number of halogens is 1. The van der Waals surface area contributed by atoms with Gasteiger partial charge in [0.05, 0.1) is 17.7 Å². The number of ether oxygens (including phenoxy) is 2. The molecule has 7 heteroatoms. The molecule has 2 aromatic rings. The van der Waals surface area contributed by atoms with Crippen LogP contribution in [0.15, 0.2) is 47.4 Å². The number of esters is 1. The van der Waals surface area contributed by atoms with Crippen LogP contribution in [0.2, 0.25) is 5.02 Å². The van der Waals surface area contributed by atoms with E-state index in [-0.39, 0.29) is 10.6 Å². The number of carbonyl (C=O) groups excluding carboxylic acids is 2. The zero-order chi connectivity index (χ0) is 17.5. The van der Waals surface area contributed by atoms with Gasteiger partial charge in [0.25, 0.3) is 5.91 Å². The van der Waals surface area contributed by atoms with Crippen LogP contribution in [0.3, 0.4) is 0 Å². The van der Waals surface area contributed by atoms with Crippen molar-refractivity contribution in [3.05, 3.63) is 53.1 Å². The molecule has 0 bridgehead atoms. The second-order valence-electron chi connectivity index (χ2n) is 4.70. The quantitative estimate of drug-likeness (QED) is 0.622. The summed E-state index contributed by atoms with van der Waals surface area (Å²) in [7, 11) is 1.54. The van der Waals surface area contributed by atoms with E-state index in [1.54, 1.807) is 42.5 Å². The summed E-state index contributed by atoms with van der Waals surface area (Å²) in [5, 5.41) is 2.91. The monoisotopic (exact) mass is 365 g/mol. The number of nitrogens with one attached hydrogen (secondary N) is 1. The Bertz CT molecular complexity index is 751. The lowest BCUT2D eigenvalue weighted by Crippen LogP contribution is -2.21. The first-order valence-corrected chi connectivity index (χ1v) is 8.58. The van der Waals surface area contributed by atoms with Crippen molar-refractivity contribution in [3.63, 3.8) is 0 Å². The van der Waals surface area contributed by atoms with Crippen LogP contribution in [-0.2, 0) is 9.53 Å². The van der Waals surface area contributed by atoms with E-state index in [4.69, 9.17) is 21.1 Å². The minimum absolute atomic E-state index is 0.234. The van der Waals surface area contributed by atoms with E-state index in [0.717, 1.165) is 4.90 Å². The van der Waals surface area contributed by atoms with Crippen LogP contribution in [0.5, 0.6) is 5.75 Å². The van der Waals surface area contributed by atoms with Gasteiger partial charge in [-0.2, -0.15) is 0 Å². The van der Waals surface area contributed by atoms with Crippen molar-refractivity contribution < 1.29 is 19.1 Å². The summed E-state index contributed by atoms with van der Waals surface area (Å²) in [6.45, 7) is -0.407. The Labute approximate surface area is 149 Å². The second kappa shape index (κ2) is 8.61. The topological polar surface area (TPSA) is 64.6 Å². The molecular formula is C17H16ClNO4S. The van der Waals surface area contributed by atoms with Gasteiger partial charge in [0, 0.05) is 16.6 Å². The summed E-state index contributed by atoms with van der Waals surface area (Å²) < 4.78 is 10.1. The molecule has 2 rings (SSSR count). The summed E-state index contributed by atoms with van der Waals surface area (Å²) in [4.78, 5) is 24.8. The Balaban J connectivity index is 1.94. The van der Waals surface area contributed by atoms with Gasteiger partial charge < -0.3 is 14.8 Å². The van der Waals surface area contributed by atoms with Crippen molar-refractivity contribution in [2.75, 3.05) is 25.3 Å². The highest BCUT2D eigenvalue weighted by molar-refractivity contribution is 7.98. The lowest BCUT2D eigenvalue weighted by Gasteiger charge is -2.09. The average molecular weight is 366 g/mol. The number of hydrogen-bond acceptors (Lipinski definition) is 5. The fourth-order valence-electron chi connectivity index (χ4n) is 1.89. The first kappa shape index (κ1) is 18.2. The van der Waals surface area contributed by atoms with Crippen molar-refractivity contribution in [2.45, 2.75) is 4.90 Å². The number of hydrogen-bond donors (Lipinski definition) is 1. The molecule has 24 heavy (non-hydrogen) atoms. The van der Waals surface area contributed by atoms with E-state index >= 15 is 0 Å². The Kier molecular flexibility index (Phi) is 6.52. The van der Waals surface area contributed by atoms with Crippen molar-refractivity contribution in [1.82, 2.24) is 0 Å². The third-order valence-corrected chi connectivity index (χ3v) is 4.14. The highest BCUT2D eigenvalue weighted by atomic mass is 35.5. The molecule has 0 aliphatic rings. The van der Waals surface area contributed by atoms with Gasteiger partial charge >= 0.3 is 5.97 Å². The van der Waals surface area contributed by atoms with Crippen LogP contribution < -0.4 is 10.1 Å². The Morgan fingerprint density at radius 3 is 2.71 bits per heavy atom. The second-order valence-corrected chi connectivity index (χ2v) is 5.99. The third-order valence-electron chi connectivity index (χ3n) is 3.08. The molecule has 2 aromatic carbocycles. The van der Waals surface area contributed by atoms with Crippen molar-refractivity contribution >= 4 is 40.9 Å². The number of anilines is 1. The molecule has 0 heterocycles. The van der Waals surface area contributed by atoms with Crippen molar-refractivity contribution in [3.8, 4) is 5.75 Å². The molecule has 0 fully saturated rings. The fraction of sp³-hybridized carbons (Fsp3) is 0.176. The summed E-state index contributed by atoms with van der Waals surface area (Å²) in [5.74, 6) is -0.476. The standard InChI is InChI=1S/C17H16ClNO4S/c1-22-12-5-3-4-11(8-12)19-16(20)10-23-17(21)14-9-13(24-2)6-7-15(14)18/h3-9H,10H2,1-2H3,(H,19,20). The van der Waals surface area contributed by atoms with Gasteiger partial charge in [-0.3, -0.25) is 4.79 Å². The third kappa shape index (κ3) is 4.91. The van der Waals surface area contributed by atoms with Crippen LogP contribution in [0.1, 0.15) is 10.4 Å². The van der Waals surface area contributed by atoms with E-state index in [1.807, 2.05) is 6.26 Å². The predicted molar refractivity (Wildman–Crippen MR) is 95.1 cm³/mol. The van der Waals surface area contributed by atoms with Crippen molar-refractivity contribution in [2.24, 2.45) is 0 Å². The molecule has 0 saturated carbocycles. The molecule has 0 saturated heterocycles. The molecule has 126 valence electrons. The van der Waals surface area contributed by atoms with Crippen LogP contribution in [-0.4, -0.2) is 31.8 Å². The normalized spacial score (nSPS) is 10.1. The number of amides is 1. The highest BCUT2D eigenvalue weighted by Gasteiger charge is 2.14. The molecular weight excluding hydrogens is 350 g/mol. The minimum Gasteiger partial charge on any atom is -0.497 e. The van der Waals surface area contributed by atoms with E-state index in [2.05, 4.69) is 5.32 Å². The van der Waals surface area contributed by atoms with Crippen LogP contribution in [0, 0.1) is 0 Å². The van der Waals surface area contributed by atoms with Gasteiger partial charge in [-0.25, -0.2) is 4.79 Å². The van der Waals surface area contributed by atoms with Gasteiger partial charge in [-0.15, -0.1) is 11.8 Å². The highest BCUT2D eigenvalue weighted by Crippen LogP contribution is 2.23. The Morgan fingerprint density at radius 2 is 2.00 bits per heavy atom. The molecule has 0 spiro atoms. The maximum absolute atomic E-state index is 12.1. The van der Waals surface area contributed by atoms with Crippen LogP contribution in [0.4, 0.5) is 5.69 Å². The van der Waals surface area contributed by atoms with Crippen molar-refractivity contribution in [1.29, 1.82) is 0 Å². The number of methoxy groups -OCH3 is 1. The molecule has 0 atom stereocenters. The van der Waals surface area contributed by atoms with E-state index in [1.165, 1.54) is 18.9 Å². The molecule has 0 aliphatic carbocycles. The lowest BCUT2D eigenvalue weighted by atomic mass is 10.2. The van der Waals surface area contributed by atoms with Gasteiger partial charge in [0.2, 0.25) is 0 Å². The Morgan fingerprint density at radius 1 is 1.21 bits per heavy atom. The largest absolute Gasteiger partial charge is 0.497 e. The SMILES string of the molecule is COc1cccc(NC(=O)COC(=O)c2cc(SC)ccc2Cl)c1. The molecule has 1 amide bonds. The van der Waals surface area contributed by atoms with Gasteiger partial charge in [-0.1, -0.05) is 17.7 Å². The van der Waals surface area contributed by atoms with Gasteiger partial charge in [0.15, 0.2) is 6.61 Å². The molecule has 0 aliphatic heterocycles. The number of thioether (sulfide) groups is 1. The smallest absolute Gasteiger partial charge is 0.340 e. The number of benzene rings is 2. The molecule has 1 N–H and O–H groups in total. The van der Waals surface area contributed by atoms with Crippen LogP contribution in [0.25, 0.3) is 0 Å². The summed E-state index contributed by atoms with van der Waals surface area (Å²) in [5.41, 5.74) is 0.788. The zero-order valence-corrected chi connectivity index (χ0v) is 14.7. The molecule has 0 aromatic heterocycles. The zero-order valence-electron chi connectivity index (χ0n) is 13.2. The van der Waals surface area contributed by atoms with Gasteiger partial charge in [-0.05, 0) is 36.6 Å². The molecule has 5 nitrogen and oxygen atoms in total. The maximum Gasteiger partial charge on any atom is 0.340 e. The summed E-state index contributed by atoms with van der Waals surface area (Å²) >= 11 is 7.48. The first-order valence-electron chi connectivity index (χ1n) is 6.98. The molecule has 0 unspecified atom stereocenters. The maximum atomic E-state index is 12.1. The minimum atomic E-state index is -0.642. The van der Waals surface area contributed by atoms with E-state index in [9.17, 15) is 9.59 Å².